The van der Waals surface area contributed by atoms with E-state index >= 15 is 0 Å². The monoisotopic (exact) mass is 481 g/mol. The number of ether oxygens (including phenoxy) is 1. The van der Waals surface area contributed by atoms with Crippen molar-refractivity contribution in [1.29, 1.82) is 0 Å². The van der Waals surface area contributed by atoms with Gasteiger partial charge >= 0.3 is 5.97 Å². The zero-order chi connectivity index (χ0) is 15.0. The second kappa shape index (κ2) is 18.9. The fourth-order valence-corrected chi connectivity index (χ4v) is 0.692. The summed E-state index contributed by atoms with van der Waals surface area (Å²) in [6, 6.07) is 8.88. The van der Waals surface area contributed by atoms with E-state index in [-0.39, 0.29) is 5.97 Å². The molecule has 0 aromatic heterocycles. The topological polar surface area (TPSA) is 69.4 Å². The first-order valence-corrected chi connectivity index (χ1v) is 11.2. The van der Waals surface area contributed by atoms with E-state index in [1.54, 1.807) is 24.3 Å². The lowest BCUT2D eigenvalue weighted by Gasteiger charge is -1.95. The molecule has 0 aliphatic carbocycles. The molecule has 7 heteroatoms. The molecule has 1 rings (SSSR count). The Hall–Kier alpha value is -0.450. The Kier molecular flexibility index (Phi) is 23.8. The van der Waals surface area contributed by atoms with Crippen molar-refractivity contribution in [2.24, 2.45) is 0 Å². The maximum absolute atomic E-state index is 10.8. The predicted octanol–water partition coefficient (Wildman–Crippen LogP) is 4.16. The van der Waals surface area contributed by atoms with Gasteiger partial charge in [0.05, 0.1) is 12.7 Å². The summed E-state index contributed by atoms with van der Waals surface area (Å²) in [6.45, 7) is 4.00. The molecule has 0 N–H and O–H groups in total. The number of nitrogens with zero attached hydrogens (tertiary/aromatic N) is 1. The quantitative estimate of drug-likeness (QED) is 0.262. The van der Waals surface area contributed by atoms with E-state index in [0.29, 0.717) is 5.56 Å². The molecule has 5 nitrogen and oxygen atoms in total. The number of hydrogen-bond donors (Lipinski definition) is 0. The second-order valence-corrected chi connectivity index (χ2v) is 2.30. The number of hydrogen-bond acceptors (Lipinski definition) is 4. The Morgan fingerprint density at radius 3 is 1.83 bits per heavy atom. The number of rotatable bonds is 1. The molecule has 0 spiro atoms. The molecular weight excluding hydrogens is 464 g/mol. The summed E-state index contributed by atoms with van der Waals surface area (Å²) in [5.41, 5.74) is 0.588. The predicted molar refractivity (Wildman–Crippen MR) is 90.1 cm³/mol. The van der Waals surface area contributed by atoms with E-state index in [9.17, 15) is 4.79 Å². The standard InChI is InChI=1S/C8H8O2.C2H6.CH3NO2.I2/c1-10-8(9)7-5-3-2-4-6-7;1-2;1-2(3)4;1-2/h2-6H,1H3;1-2H3;1H3;. The summed E-state index contributed by atoms with van der Waals surface area (Å²) in [7, 11) is 2.26. The normalized spacial score (nSPS) is 7.00. The minimum Gasteiger partial charge on any atom is -0.465 e. The van der Waals surface area contributed by atoms with E-state index in [4.69, 9.17) is 10.1 Å². The largest absolute Gasteiger partial charge is 0.465 e. The molecule has 18 heavy (non-hydrogen) atoms. The van der Waals surface area contributed by atoms with Crippen LogP contribution in [-0.4, -0.2) is 25.1 Å². The zero-order valence-corrected chi connectivity index (χ0v) is 15.0. The average molecular weight is 481 g/mol. The number of methoxy groups -OCH3 is 1. The molecule has 0 fully saturated rings. The zero-order valence-electron chi connectivity index (χ0n) is 10.7. The molecular formula is C11H17I2NO4. The van der Waals surface area contributed by atoms with Gasteiger partial charge in [0.15, 0.2) is 7.05 Å². The molecule has 0 amide bonds. The van der Waals surface area contributed by atoms with Crippen LogP contribution < -0.4 is 0 Å². The molecule has 104 valence electrons. The Morgan fingerprint density at radius 1 is 1.22 bits per heavy atom. The fourth-order valence-electron chi connectivity index (χ4n) is 0.692. The van der Waals surface area contributed by atoms with Crippen molar-refractivity contribution < 1.29 is 14.5 Å². The van der Waals surface area contributed by atoms with Gasteiger partial charge in [-0.25, -0.2) is 4.79 Å². The molecule has 1 aromatic rings. The molecule has 0 bridgehead atoms. The lowest BCUT2D eigenvalue weighted by atomic mass is 10.2. The molecule has 0 aliphatic rings. The van der Waals surface area contributed by atoms with Crippen molar-refractivity contribution in [3.05, 3.63) is 46.0 Å². The van der Waals surface area contributed by atoms with Gasteiger partial charge in [-0.3, -0.25) is 10.1 Å². The van der Waals surface area contributed by atoms with Crippen LogP contribution in [0.1, 0.15) is 24.2 Å². The van der Waals surface area contributed by atoms with E-state index in [0.717, 1.165) is 7.05 Å². The molecule has 0 radical (unpaired) electrons. The minimum absolute atomic E-state index is 0.291. The van der Waals surface area contributed by atoms with E-state index in [2.05, 4.69) is 42.0 Å². The number of nitro groups is 1. The van der Waals surface area contributed by atoms with Gasteiger partial charge in [0.2, 0.25) is 0 Å². The van der Waals surface area contributed by atoms with E-state index < -0.39 is 4.92 Å². The third-order valence-corrected chi connectivity index (χ3v) is 1.19. The summed E-state index contributed by atoms with van der Waals surface area (Å²) in [5, 5.41) is 8.81. The van der Waals surface area contributed by atoms with E-state index in [1.165, 1.54) is 7.11 Å². The van der Waals surface area contributed by atoms with Crippen molar-refractivity contribution >= 4 is 43.2 Å². The maximum atomic E-state index is 10.8. The Labute approximate surface area is 131 Å². The lowest BCUT2D eigenvalue weighted by molar-refractivity contribution is -0.445. The molecule has 0 saturated carbocycles. The van der Waals surface area contributed by atoms with Crippen LogP contribution in [0.15, 0.2) is 30.3 Å². The van der Waals surface area contributed by atoms with Crippen LogP contribution in [0.3, 0.4) is 0 Å². The van der Waals surface area contributed by atoms with Gasteiger partial charge in [0.1, 0.15) is 0 Å². The smallest absolute Gasteiger partial charge is 0.337 e. The van der Waals surface area contributed by atoms with E-state index in [1.807, 2.05) is 19.9 Å². The van der Waals surface area contributed by atoms with Gasteiger partial charge in [0.25, 0.3) is 0 Å². The summed E-state index contributed by atoms with van der Waals surface area (Å²) < 4.78 is 4.50. The van der Waals surface area contributed by atoms with Crippen LogP contribution >= 0.6 is 37.2 Å². The highest BCUT2D eigenvalue weighted by atomic mass is 128. The summed E-state index contributed by atoms with van der Waals surface area (Å²) in [6.07, 6.45) is 0. The Bertz CT molecular complexity index is 303. The highest BCUT2D eigenvalue weighted by molar-refractivity contribution is 15.0. The summed E-state index contributed by atoms with van der Waals surface area (Å²) in [5.74, 6) is -0.291. The number of esters is 1. The maximum Gasteiger partial charge on any atom is 0.337 e. The van der Waals surface area contributed by atoms with Crippen molar-refractivity contribution in [2.75, 3.05) is 14.2 Å². The van der Waals surface area contributed by atoms with Crippen molar-refractivity contribution in [3.8, 4) is 0 Å². The van der Waals surface area contributed by atoms with Gasteiger partial charge in [-0.2, -0.15) is 0 Å². The lowest BCUT2D eigenvalue weighted by Crippen LogP contribution is -1.99. The van der Waals surface area contributed by atoms with Crippen LogP contribution in [0.4, 0.5) is 0 Å². The average Bonchev–Trinajstić information content (AvgIpc) is 2.43. The Morgan fingerprint density at radius 2 is 1.56 bits per heavy atom. The first-order chi connectivity index (χ1) is 8.57. The second-order valence-electron chi connectivity index (χ2n) is 2.30. The molecule has 0 atom stereocenters. The summed E-state index contributed by atoms with van der Waals surface area (Å²) in [4.78, 5) is 19.1. The fraction of sp³-hybridized carbons (Fsp3) is 0.364. The van der Waals surface area contributed by atoms with Gasteiger partial charge in [-0.1, -0.05) is 32.0 Å². The Balaban J connectivity index is -0.000000238. The van der Waals surface area contributed by atoms with Crippen LogP contribution in [0.5, 0.6) is 0 Å². The number of carbonyl (C=O) groups excluding carboxylic acids is 1. The van der Waals surface area contributed by atoms with Crippen molar-refractivity contribution in [1.82, 2.24) is 0 Å². The van der Waals surface area contributed by atoms with Crippen molar-refractivity contribution in [3.63, 3.8) is 0 Å². The molecule has 0 heterocycles. The van der Waals surface area contributed by atoms with Crippen LogP contribution in [0, 0.1) is 10.1 Å². The molecule has 1 aromatic carbocycles. The van der Waals surface area contributed by atoms with Gasteiger partial charge in [0, 0.05) is 42.2 Å². The van der Waals surface area contributed by atoms with Crippen LogP contribution in [0.25, 0.3) is 0 Å². The summed E-state index contributed by atoms with van der Waals surface area (Å²) >= 11 is 4.24. The van der Waals surface area contributed by atoms with Gasteiger partial charge in [-0.05, 0) is 12.1 Å². The first-order valence-electron chi connectivity index (χ1n) is 4.93. The van der Waals surface area contributed by atoms with Crippen LogP contribution in [0.2, 0.25) is 0 Å². The number of benzene rings is 1. The third kappa shape index (κ3) is 17.9. The third-order valence-electron chi connectivity index (χ3n) is 1.19. The molecule has 0 aliphatic heterocycles. The SMILES string of the molecule is CC.COC(=O)c1ccccc1.C[N+](=O)[O-].II. The number of carbonyl (C=O) groups is 1. The highest BCUT2D eigenvalue weighted by Crippen LogP contribution is 1.98. The van der Waals surface area contributed by atoms with Crippen molar-refractivity contribution in [2.45, 2.75) is 13.8 Å². The van der Waals surface area contributed by atoms with Crippen LogP contribution in [-0.2, 0) is 4.74 Å². The van der Waals surface area contributed by atoms with Gasteiger partial charge < -0.3 is 4.74 Å². The highest BCUT2D eigenvalue weighted by Gasteiger charge is 2.00. The number of halogens is 2. The molecule has 0 saturated heterocycles. The molecule has 0 unspecified atom stereocenters. The van der Waals surface area contributed by atoms with Gasteiger partial charge in [-0.15, -0.1) is 0 Å². The first kappa shape index (κ1) is 22.7. The minimum atomic E-state index is -0.500.